The fourth-order valence-electron chi connectivity index (χ4n) is 1.77. The van der Waals surface area contributed by atoms with Crippen molar-refractivity contribution in [3.8, 4) is 0 Å². The first kappa shape index (κ1) is 15.0. The molecule has 2 N–H and O–H groups in total. The van der Waals surface area contributed by atoms with E-state index in [1.165, 1.54) is 11.3 Å². The number of hydrogen-bond acceptors (Lipinski definition) is 5. The van der Waals surface area contributed by atoms with Crippen LogP contribution in [0.1, 0.15) is 16.3 Å². The molecule has 0 fully saturated rings. The molecule has 0 saturated heterocycles. The van der Waals surface area contributed by atoms with Crippen LogP contribution in [0.5, 0.6) is 0 Å². The van der Waals surface area contributed by atoms with Gasteiger partial charge in [0.15, 0.2) is 5.13 Å². The van der Waals surface area contributed by atoms with E-state index in [0.717, 1.165) is 16.3 Å². The molecule has 0 spiro atoms. The Balaban J connectivity index is 2.28. The molecular weight excluding hydrogens is 296 g/mol. The van der Waals surface area contributed by atoms with Gasteiger partial charge in [-0.05, 0) is 27.0 Å². The van der Waals surface area contributed by atoms with E-state index >= 15 is 0 Å². The first-order chi connectivity index (χ1) is 9.33. The number of sulfonamides is 1. The third-order valence-electron chi connectivity index (χ3n) is 3.00. The third-order valence-corrected chi connectivity index (χ3v) is 5.42. The van der Waals surface area contributed by atoms with Gasteiger partial charge in [-0.1, -0.05) is 0 Å². The molecule has 0 radical (unpaired) electrons. The van der Waals surface area contributed by atoms with Crippen molar-refractivity contribution in [3.05, 3.63) is 28.5 Å². The van der Waals surface area contributed by atoms with Gasteiger partial charge in [-0.2, -0.15) is 0 Å². The van der Waals surface area contributed by atoms with E-state index in [0.29, 0.717) is 11.7 Å². The number of rotatable bonds is 5. The second-order valence-corrected chi connectivity index (χ2v) is 7.46. The van der Waals surface area contributed by atoms with Crippen molar-refractivity contribution in [3.63, 3.8) is 0 Å². The summed E-state index contributed by atoms with van der Waals surface area (Å²) in [6.07, 6.45) is 1.60. The van der Waals surface area contributed by atoms with Crippen molar-refractivity contribution >= 4 is 26.5 Å². The minimum Gasteiger partial charge on any atom is -0.352 e. The number of aryl methyl sites for hydroxylation is 3. The molecule has 2 aromatic heterocycles. The molecule has 2 aromatic rings. The van der Waals surface area contributed by atoms with Crippen LogP contribution < -0.4 is 10.0 Å². The van der Waals surface area contributed by atoms with Crippen LogP contribution in [0.2, 0.25) is 0 Å². The summed E-state index contributed by atoms with van der Waals surface area (Å²) in [6.45, 7) is 4.39. The third kappa shape index (κ3) is 3.02. The van der Waals surface area contributed by atoms with Gasteiger partial charge >= 0.3 is 0 Å². The molecule has 6 nitrogen and oxygen atoms in total. The summed E-state index contributed by atoms with van der Waals surface area (Å²) in [7, 11) is 0.0554. The second kappa shape index (κ2) is 5.55. The molecule has 0 aliphatic rings. The van der Waals surface area contributed by atoms with Crippen LogP contribution in [-0.4, -0.2) is 25.0 Å². The molecule has 0 amide bonds. The molecule has 0 atom stereocenters. The Labute approximate surface area is 122 Å². The predicted molar refractivity (Wildman–Crippen MR) is 80.6 cm³/mol. The maximum absolute atomic E-state index is 12.3. The van der Waals surface area contributed by atoms with E-state index < -0.39 is 10.0 Å². The minimum absolute atomic E-state index is 0.246. The summed E-state index contributed by atoms with van der Waals surface area (Å²) in [5, 5.41) is 3.41. The highest BCUT2D eigenvalue weighted by atomic mass is 32.2. The molecule has 0 bridgehead atoms. The molecule has 20 heavy (non-hydrogen) atoms. The predicted octanol–water partition coefficient (Wildman–Crippen LogP) is 1.62. The van der Waals surface area contributed by atoms with Gasteiger partial charge in [-0.25, -0.2) is 13.4 Å². The maximum Gasteiger partial charge on any atom is 0.265 e. The summed E-state index contributed by atoms with van der Waals surface area (Å²) >= 11 is 1.34. The van der Waals surface area contributed by atoms with Crippen LogP contribution in [0.4, 0.5) is 5.13 Å². The van der Waals surface area contributed by atoms with Crippen molar-refractivity contribution in [1.82, 2.24) is 14.9 Å². The monoisotopic (exact) mass is 314 g/mol. The van der Waals surface area contributed by atoms with Crippen molar-refractivity contribution in [2.75, 3.05) is 11.8 Å². The lowest BCUT2D eigenvalue weighted by Gasteiger charge is -2.01. The number of hydrogen-bond donors (Lipinski definition) is 2. The van der Waals surface area contributed by atoms with Gasteiger partial charge in [0.1, 0.15) is 4.90 Å². The van der Waals surface area contributed by atoms with Gasteiger partial charge in [0, 0.05) is 30.4 Å². The van der Waals surface area contributed by atoms with Gasteiger partial charge in [-0.3, -0.25) is 4.72 Å². The minimum atomic E-state index is -3.59. The lowest BCUT2D eigenvalue weighted by atomic mass is 10.4. The van der Waals surface area contributed by atoms with Crippen LogP contribution in [0.25, 0.3) is 0 Å². The van der Waals surface area contributed by atoms with E-state index in [9.17, 15) is 8.42 Å². The zero-order chi connectivity index (χ0) is 14.9. The zero-order valence-electron chi connectivity index (χ0n) is 11.9. The van der Waals surface area contributed by atoms with E-state index in [1.807, 2.05) is 27.9 Å². The van der Waals surface area contributed by atoms with Crippen molar-refractivity contribution < 1.29 is 8.42 Å². The van der Waals surface area contributed by atoms with Crippen LogP contribution in [0, 0.1) is 13.8 Å². The summed E-state index contributed by atoms with van der Waals surface area (Å²) in [6, 6.07) is 1.66. The zero-order valence-corrected chi connectivity index (χ0v) is 13.5. The first-order valence-electron chi connectivity index (χ1n) is 6.10. The Morgan fingerprint density at radius 1 is 1.40 bits per heavy atom. The van der Waals surface area contributed by atoms with Crippen LogP contribution in [0.15, 0.2) is 17.2 Å². The van der Waals surface area contributed by atoms with Gasteiger partial charge in [0.25, 0.3) is 10.0 Å². The van der Waals surface area contributed by atoms with Crippen LogP contribution >= 0.6 is 11.3 Å². The van der Waals surface area contributed by atoms with Crippen LogP contribution in [0.3, 0.4) is 0 Å². The first-order valence-corrected chi connectivity index (χ1v) is 8.40. The lowest BCUT2D eigenvalue weighted by molar-refractivity contribution is 0.601. The van der Waals surface area contributed by atoms with Gasteiger partial charge in [-0.15, -0.1) is 11.3 Å². The van der Waals surface area contributed by atoms with E-state index in [2.05, 4.69) is 15.0 Å². The fourth-order valence-corrected chi connectivity index (χ4v) is 3.91. The number of anilines is 1. The standard InChI is InChI=1S/C12H18N4O2S2/c1-8-9(2)19-12(14-8)15-20(17,18)11-5-10(6-13-3)16(4)7-11/h5,7,13H,6H2,1-4H3,(H,14,15). The number of aromatic nitrogens is 2. The average molecular weight is 314 g/mol. The molecule has 110 valence electrons. The second-order valence-electron chi connectivity index (χ2n) is 4.57. The quantitative estimate of drug-likeness (QED) is 0.879. The topological polar surface area (TPSA) is 76.0 Å². The van der Waals surface area contributed by atoms with Crippen LogP contribution in [-0.2, 0) is 23.6 Å². The Bertz CT molecular complexity index is 696. The molecule has 0 aromatic carbocycles. The number of thiazole rings is 1. The molecule has 2 heterocycles. The van der Waals surface area contributed by atoms with E-state index in [1.54, 1.807) is 16.8 Å². The highest BCUT2D eigenvalue weighted by Crippen LogP contribution is 2.24. The Morgan fingerprint density at radius 2 is 2.10 bits per heavy atom. The van der Waals surface area contributed by atoms with Crippen molar-refractivity contribution in [2.24, 2.45) is 7.05 Å². The molecule has 8 heteroatoms. The SMILES string of the molecule is CNCc1cc(S(=O)(=O)Nc2nc(C)c(C)s2)cn1C. The highest BCUT2D eigenvalue weighted by Gasteiger charge is 2.19. The van der Waals surface area contributed by atoms with Gasteiger partial charge in [0.2, 0.25) is 0 Å². The largest absolute Gasteiger partial charge is 0.352 e. The Hall–Kier alpha value is -1.38. The van der Waals surface area contributed by atoms with E-state index in [-0.39, 0.29) is 4.90 Å². The smallest absolute Gasteiger partial charge is 0.265 e. The van der Waals surface area contributed by atoms with Crippen molar-refractivity contribution in [2.45, 2.75) is 25.3 Å². The molecule has 0 aliphatic heterocycles. The average Bonchev–Trinajstić information content (AvgIpc) is 2.85. The summed E-state index contributed by atoms with van der Waals surface area (Å²) in [4.78, 5) is 5.45. The summed E-state index contributed by atoms with van der Waals surface area (Å²) in [5.74, 6) is 0. The summed E-state index contributed by atoms with van der Waals surface area (Å²) in [5.41, 5.74) is 1.75. The molecular formula is C12H18N4O2S2. The van der Waals surface area contributed by atoms with E-state index in [4.69, 9.17) is 0 Å². The highest BCUT2D eigenvalue weighted by molar-refractivity contribution is 7.93. The normalized spacial score (nSPS) is 11.8. The van der Waals surface area contributed by atoms with Gasteiger partial charge in [0.05, 0.1) is 5.69 Å². The number of nitrogens with one attached hydrogen (secondary N) is 2. The lowest BCUT2D eigenvalue weighted by Crippen LogP contribution is -2.12. The molecule has 0 saturated carbocycles. The molecule has 0 aliphatic carbocycles. The summed E-state index contributed by atoms with van der Waals surface area (Å²) < 4.78 is 28.9. The Morgan fingerprint density at radius 3 is 2.65 bits per heavy atom. The number of nitrogens with zero attached hydrogens (tertiary/aromatic N) is 2. The molecule has 2 rings (SSSR count). The van der Waals surface area contributed by atoms with Gasteiger partial charge < -0.3 is 9.88 Å². The van der Waals surface area contributed by atoms with Crippen molar-refractivity contribution in [1.29, 1.82) is 0 Å². The Kier molecular flexibility index (Phi) is 4.17. The molecule has 0 unspecified atom stereocenters. The maximum atomic E-state index is 12.3. The fraction of sp³-hybridized carbons (Fsp3) is 0.417.